The van der Waals surface area contributed by atoms with Gasteiger partial charge in [0.15, 0.2) is 11.6 Å². The molecule has 0 saturated carbocycles. The number of aromatic hydroxyl groups is 1. The van der Waals surface area contributed by atoms with E-state index in [2.05, 4.69) is 0 Å². The molecule has 3 aliphatic carbocycles. The Balaban J connectivity index is 1.42. The number of phenols is 1. The van der Waals surface area contributed by atoms with E-state index in [0.717, 1.165) is 16.3 Å². The van der Waals surface area contributed by atoms with E-state index in [1.165, 1.54) is 11.0 Å². The van der Waals surface area contributed by atoms with E-state index in [0.29, 0.717) is 39.4 Å². The highest BCUT2D eigenvalue weighted by Crippen LogP contribution is 2.57. The molecule has 3 aromatic rings. The third-order valence-electron chi connectivity index (χ3n) is 8.89. The second kappa shape index (κ2) is 8.86. The van der Waals surface area contributed by atoms with Gasteiger partial charge in [-0.25, -0.2) is 0 Å². The average Bonchev–Trinajstić information content (AvgIpc) is 3.21. The summed E-state index contributed by atoms with van der Waals surface area (Å²) in [6, 6.07) is 17.6. The van der Waals surface area contributed by atoms with Crippen molar-refractivity contribution >= 4 is 51.4 Å². The molecule has 6 nitrogen and oxygen atoms in total. The average molecular weight is 550 g/mol. The first-order valence-electron chi connectivity index (χ1n) is 13.3. The van der Waals surface area contributed by atoms with Gasteiger partial charge in [-0.1, -0.05) is 53.6 Å². The molecule has 4 atom stereocenters. The van der Waals surface area contributed by atoms with Crippen molar-refractivity contribution < 1.29 is 24.3 Å². The standard InChI is InChI=1S/C33H24ClNO5/c1-16-14-26(37)24-15-23-21(11-12-22-27(23)33(40)35(32(22)39)19-9-7-18(34)8-10-19)29(30(24)31(16)38)28-20-5-3-2-4-17(20)6-13-25(28)36/h2-11,13-14,22-23,27,29,36H,12,15H2,1H3. The number of carbonyl (C=O) groups excluding carboxylic acids is 4. The highest BCUT2D eigenvalue weighted by Gasteiger charge is 2.57. The summed E-state index contributed by atoms with van der Waals surface area (Å²) in [4.78, 5) is 55.9. The van der Waals surface area contributed by atoms with E-state index in [-0.39, 0.29) is 35.6 Å². The minimum atomic E-state index is -0.714. The minimum absolute atomic E-state index is 0.0169. The maximum Gasteiger partial charge on any atom is 0.238 e. The SMILES string of the molecule is CC1=CC(=O)C2=C(C1=O)C(c1c(O)ccc3ccccc13)C1=CCC3C(=O)N(c4ccc(Cl)cc4)C(=O)C3C1C2. The van der Waals surface area contributed by atoms with E-state index in [9.17, 15) is 24.3 Å². The van der Waals surface area contributed by atoms with E-state index >= 15 is 0 Å². The predicted octanol–water partition coefficient (Wildman–Crippen LogP) is 5.83. The first kappa shape index (κ1) is 24.7. The van der Waals surface area contributed by atoms with Gasteiger partial charge in [0.25, 0.3) is 0 Å². The van der Waals surface area contributed by atoms with Gasteiger partial charge in [0.2, 0.25) is 11.8 Å². The summed E-state index contributed by atoms with van der Waals surface area (Å²) in [6.07, 6.45) is 3.83. The number of benzene rings is 3. The quantitative estimate of drug-likeness (QED) is 0.246. The molecule has 1 fully saturated rings. The molecule has 1 heterocycles. The van der Waals surface area contributed by atoms with Gasteiger partial charge in [0.05, 0.1) is 17.5 Å². The van der Waals surface area contributed by atoms with Gasteiger partial charge in [0, 0.05) is 33.2 Å². The molecule has 198 valence electrons. The van der Waals surface area contributed by atoms with Crippen LogP contribution in [-0.2, 0) is 19.2 Å². The van der Waals surface area contributed by atoms with Gasteiger partial charge in [-0.3, -0.25) is 24.1 Å². The Kier molecular flexibility index (Phi) is 5.48. The lowest BCUT2D eigenvalue weighted by atomic mass is 9.59. The summed E-state index contributed by atoms with van der Waals surface area (Å²) in [5.41, 5.74) is 2.88. The van der Waals surface area contributed by atoms with E-state index in [4.69, 9.17) is 11.6 Å². The second-order valence-corrected chi connectivity index (χ2v) is 11.4. The molecule has 2 amide bonds. The molecular weight excluding hydrogens is 526 g/mol. The zero-order valence-corrected chi connectivity index (χ0v) is 22.3. The van der Waals surface area contributed by atoms with Crippen LogP contribution in [0.1, 0.15) is 31.2 Å². The van der Waals surface area contributed by atoms with Crippen molar-refractivity contribution in [2.45, 2.75) is 25.7 Å². The van der Waals surface area contributed by atoms with E-state index < -0.39 is 23.7 Å². The van der Waals surface area contributed by atoms with Crippen LogP contribution in [0.25, 0.3) is 10.8 Å². The van der Waals surface area contributed by atoms with Crippen molar-refractivity contribution in [3.63, 3.8) is 0 Å². The third-order valence-corrected chi connectivity index (χ3v) is 9.14. The summed E-state index contributed by atoms with van der Waals surface area (Å²) in [5.74, 6) is -3.53. The Labute approximate surface area is 235 Å². The molecule has 7 rings (SSSR count). The topological polar surface area (TPSA) is 91.8 Å². The number of imide groups is 1. The van der Waals surface area contributed by atoms with Crippen LogP contribution in [0.4, 0.5) is 5.69 Å². The molecule has 0 spiro atoms. The van der Waals surface area contributed by atoms with E-state index in [1.807, 2.05) is 36.4 Å². The monoisotopic (exact) mass is 549 g/mol. The maximum atomic E-state index is 14.0. The first-order chi connectivity index (χ1) is 19.3. The number of hydrogen-bond acceptors (Lipinski definition) is 5. The highest BCUT2D eigenvalue weighted by atomic mass is 35.5. The number of ketones is 2. The fraction of sp³-hybridized carbons (Fsp3) is 0.212. The van der Waals surface area contributed by atoms with Crippen LogP contribution < -0.4 is 4.90 Å². The zero-order chi connectivity index (χ0) is 27.9. The van der Waals surface area contributed by atoms with Crippen molar-refractivity contribution in [3.8, 4) is 5.75 Å². The molecule has 0 aromatic heterocycles. The number of allylic oxidation sites excluding steroid dienone is 6. The number of phenolic OH excluding ortho intramolecular Hbond substituents is 1. The van der Waals surface area contributed by atoms with Crippen LogP contribution >= 0.6 is 11.6 Å². The Hall–Kier alpha value is -4.29. The number of carbonyl (C=O) groups is 4. The normalized spacial score (nSPS) is 26.0. The van der Waals surface area contributed by atoms with Gasteiger partial charge >= 0.3 is 0 Å². The molecule has 1 aliphatic heterocycles. The van der Waals surface area contributed by atoms with Gasteiger partial charge in [-0.15, -0.1) is 0 Å². The largest absolute Gasteiger partial charge is 0.508 e. The van der Waals surface area contributed by atoms with Crippen molar-refractivity contribution in [2.75, 3.05) is 4.90 Å². The number of amides is 2. The van der Waals surface area contributed by atoms with Crippen LogP contribution in [0, 0.1) is 17.8 Å². The molecule has 1 N–H and O–H groups in total. The molecule has 3 aromatic carbocycles. The smallest absolute Gasteiger partial charge is 0.238 e. The summed E-state index contributed by atoms with van der Waals surface area (Å²) < 4.78 is 0. The lowest BCUT2D eigenvalue weighted by Crippen LogP contribution is -2.40. The van der Waals surface area contributed by atoms with Crippen molar-refractivity contribution in [1.82, 2.24) is 0 Å². The minimum Gasteiger partial charge on any atom is -0.508 e. The first-order valence-corrected chi connectivity index (χ1v) is 13.7. The number of halogens is 1. The van der Waals surface area contributed by atoms with Gasteiger partial charge in [0.1, 0.15) is 5.75 Å². The van der Waals surface area contributed by atoms with Crippen LogP contribution in [0.15, 0.2) is 95.1 Å². The molecular formula is C33H24ClNO5. The third kappa shape index (κ3) is 3.42. The van der Waals surface area contributed by atoms with Gasteiger partial charge < -0.3 is 5.11 Å². The Morgan fingerprint density at radius 2 is 1.65 bits per heavy atom. The van der Waals surface area contributed by atoms with Crippen molar-refractivity contribution in [1.29, 1.82) is 0 Å². The molecule has 4 unspecified atom stereocenters. The summed E-state index contributed by atoms with van der Waals surface area (Å²) >= 11 is 6.05. The number of nitrogens with zero attached hydrogens (tertiary/aromatic N) is 1. The number of fused-ring (bicyclic) bond motifs is 4. The fourth-order valence-corrected chi connectivity index (χ4v) is 7.25. The number of hydrogen-bond donors (Lipinski definition) is 1. The maximum absolute atomic E-state index is 14.0. The summed E-state index contributed by atoms with van der Waals surface area (Å²) in [6.45, 7) is 1.63. The summed E-state index contributed by atoms with van der Waals surface area (Å²) in [5, 5.41) is 13.4. The van der Waals surface area contributed by atoms with Crippen molar-refractivity contribution in [3.05, 3.63) is 106 Å². The van der Waals surface area contributed by atoms with E-state index in [1.54, 1.807) is 37.3 Å². The molecule has 0 bridgehead atoms. The van der Waals surface area contributed by atoms with Gasteiger partial charge in [-0.05, 0) is 72.9 Å². The van der Waals surface area contributed by atoms with Crippen LogP contribution in [0.2, 0.25) is 5.02 Å². The van der Waals surface area contributed by atoms with Crippen LogP contribution in [0.5, 0.6) is 5.75 Å². The second-order valence-electron chi connectivity index (χ2n) is 10.9. The van der Waals surface area contributed by atoms with Crippen LogP contribution in [-0.4, -0.2) is 28.5 Å². The molecule has 40 heavy (non-hydrogen) atoms. The Morgan fingerprint density at radius 3 is 2.42 bits per heavy atom. The number of rotatable bonds is 2. The summed E-state index contributed by atoms with van der Waals surface area (Å²) in [7, 11) is 0. The highest BCUT2D eigenvalue weighted by molar-refractivity contribution is 6.31. The predicted molar refractivity (Wildman–Crippen MR) is 151 cm³/mol. The molecule has 7 heteroatoms. The molecule has 0 radical (unpaired) electrons. The lowest BCUT2D eigenvalue weighted by Gasteiger charge is -2.42. The molecule has 1 saturated heterocycles. The fourth-order valence-electron chi connectivity index (χ4n) is 7.12. The Bertz CT molecular complexity index is 1780. The number of anilines is 1. The lowest BCUT2D eigenvalue weighted by molar-refractivity contribution is -0.123. The van der Waals surface area contributed by atoms with Crippen molar-refractivity contribution in [2.24, 2.45) is 17.8 Å². The zero-order valence-electron chi connectivity index (χ0n) is 21.6. The molecule has 4 aliphatic rings. The van der Waals surface area contributed by atoms with Crippen LogP contribution in [0.3, 0.4) is 0 Å². The van der Waals surface area contributed by atoms with Gasteiger partial charge in [-0.2, -0.15) is 0 Å². The number of Topliss-reactive ketones (excluding diaryl/α,β-unsaturated/α-hetero) is 1. The Morgan fingerprint density at radius 1 is 0.900 bits per heavy atom.